The molecule has 3 N–H and O–H groups in total. The first kappa shape index (κ1) is 12.6. The van der Waals surface area contributed by atoms with Crippen LogP contribution in [0.5, 0.6) is 0 Å². The van der Waals surface area contributed by atoms with Gasteiger partial charge in [0, 0.05) is 15.5 Å². The van der Waals surface area contributed by atoms with E-state index in [9.17, 15) is 5.11 Å². The summed E-state index contributed by atoms with van der Waals surface area (Å²) < 4.78 is 1.22. The number of fused-ring (bicyclic) bond motifs is 1. The van der Waals surface area contributed by atoms with Gasteiger partial charge in [0.05, 0.1) is 6.10 Å². The van der Waals surface area contributed by atoms with E-state index in [1.807, 2.05) is 12.1 Å². The van der Waals surface area contributed by atoms with Crippen molar-refractivity contribution in [1.82, 2.24) is 0 Å². The van der Waals surface area contributed by atoms with Crippen molar-refractivity contribution >= 4 is 21.4 Å². The van der Waals surface area contributed by atoms with Crippen molar-refractivity contribution in [3.63, 3.8) is 0 Å². The maximum Gasteiger partial charge on any atom is 0.0924 e. The molecule has 92 valence electrons. The molecule has 2 rings (SSSR count). The van der Waals surface area contributed by atoms with Gasteiger partial charge in [-0.3, -0.25) is 0 Å². The smallest absolute Gasteiger partial charge is 0.0924 e. The van der Waals surface area contributed by atoms with E-state index in [0.29, 0.717) is 12.5 Å². The quantitative estimate of drug-likeness (QED) is 0.874. The molecule has 0 saturated carbocycles. The zero-order valence-electron chi connectivity index (χ0n) is 10.3. The highest BCUT2D eigenvalue weighted by molar-refractivity contribution is 7.19. The van der Waals surface area contributed by atoms with E-state index in [-0.39, 0.29) is 5.92 Å². The number of aliphatic hydroxyl groups is 1. The van der Waals surface area contributed by atoms with E-state index in [1.54, 1.807) is 11.3 Å². The largest absolute Gasteiger partial charge is 0.387 e. The zero-order valence-corrected chi connectivity index (χ0v) is 11.1. The summed E-state index contributed by atoms with van der Waals surface area (Å²) in [6.07, 6.45) is -0.447. The van der Waals surface area contributed by atoms with Crippen molar-refractivity contribution in [2.75, 3.05) is 6.54 Å². The lowest BCUT2D eigenvalue weighted by Gasteiger charge is -2.23. The fourth-order valence-electron chi connectivity index (χ4n) is 2.12. The predicted octanol–water partition coefficient (Wildman–Crippen LogP) is 3.17. The first-order valence-electron chi connectivity index (χ1n) is 6.00. The van der Waals surface area contributed by atoms with Crippen LogP contribution in [0.25, 0.3) is 10.1 Å². The fourth-order valence-corrected chi connectivity index (χ4v) is 3.25. The second kappa shape index (κ2) is 5.17. The third-order valence-electron chi connectivity index (χ3n) is 3.27. The molecule has 0 saturated heterocycles. The summed E-state index contributed by atoms with van der Waals surface area (Å²) in [5, 5.41) is 11.6. The molecule has 0 fully saturated rings. The Morgan fingerprint density at radius 1 is 1.29 bits per heavy atom. The van der Waals surface area contributed by atoms with Gasteiger partial charge in [-0.05, 0) is 30.0 Å². The summed E-state index contributed by atoms with van der Waals surface area (Å²) >= 11 is 1.66. The molecule has 2 atom stereocenters. The molecule has 0 spiro atoms. The Kier molecular flexibility index (Phi) is 3.82. The van der Waals surface area contributed by atoms with Crippen LogP contribution in [0.2, 0.25) is 0 Å². The zero-order chi connectivity index (χ0) is 12.4. The van der Waals surface area contributed by atoms with Gasteiger partial charge in [0.25, 0.3) is 0 Å². The number of rotatable bonds is 4. The van der Waals surface area contributed by atoms with Gasteiger partial charge < -0.3 is 10.8 Å². The van der Waals surface area contributed by atoms with E-state index in [4.69, 9.17) is 5.73 Å². The molecule has 3 heteroatoms. The SMILES string of the molecule is CC(C)C(CN)C(O)c1cc2ccccc2s1. The van der Waals surface area contributed by atoms with Crippen molar-refractivity contribution in [1.29, 1.82) is 0 Å². The minimum atomic E-state index is -0.447. The van der Waals surface area contributed by atoms with Crippen LogP contribution in [0.15, 0.2) is 30.3 Å². The highest BCUT2D eigenvalue weighted by atomic mass is 32.1. The molecular weight excluding hydrogens is 230 g/mol. The lowest BCUT2D eigenvalue weighted by atomic mass is 9.89. The molecule has 2 unspecified atom stereocenters. The monoisotopic (exact) mass is 249 g/mol. The molecule has 0 aliphatic carbocycles. The van der Waals surface area contributed by atoms with Gasteiger partial charge in [-0.1, -0.05) is 32.0 Å². The Bertz CT molecular complexity index is 459. The normalized spacial score (nSPS) is 15.4. The van der Waals surface area contributed by atoms with E-state index in [0.717, 1.165) is 4.88 Å². The lowest BCUT2D eigenvalue weighted by molar-refractivity contribution is 0.0893. The number of benzene rings is 1. The molecule has 1 aromatic heterocycles. The van der Waals surface area contributed by atoms with Crippen molar-refractivity contribution in [3.8, 4) is 0 Å². The maximum atomic E-state index is 10.4. The molecule has 2 aromatic rings. The Hall–Kier alpha value is -0.900. The van der Waals surface area contributed by atoms with Crippen LogP contribution in [0.4, 0.5) is 0 Å². The molecule has 0 amide bonds. The summed E-state index contributed by atoms with van der Waals surface area (Å²) in [7, 11) is 0. The summed E-state index contributed by atoms with van der Waals surface area (Å²) in [5.74, 6) is 0.517. The van der Waals surface area contributed by atoms with E-state index in [2.05, 4.69) is 32.0 Å². The summed E-state index contributed by atoms with van der Waals surface area (Å²) in [5.41, 5.74) is 5.75. The van der Waals surface area contributed by atoms with Crippen LogP contribution >= 0.6 is 11.3 Å². The van der Waals surface area contributed by atoms with Crippen LogP contribution < -0.4 is 5.73 Å². The molecular formula is C14H19NOS. The first-order chi connectivity index (χ1) is 8.13. The number of hydrogen-bond donors (Lipinski definition) is 2. The molecule has 2 nitrogen and oxygen atoms in total. The highest BCUT2D eigenvalue weighted by Crippen LogP contribution is 2.35. The van der Waals surface area contributed by atoms with Gasteiger partial charge in [-0.25, -0.2) is 0 Å². The van der Waals surface area contributed by atoms with Crippen LogP contribution in [0.1, 0.15) is 24.8 Å². The van der Waals surface area contributed by atoms with Gasteiger partial charge in [0.1, 0.15) is 0 Å². The first-order valence-corrected chi connectivity index (χ1v) is 6.81. The van der Waals surface area contributed by atoms with Gasteiger partial charge in [0.2, 0.25) is 0 Å². The van der Waals surface area contributed by atoms with E-state index < -0.39 is 6.10 Å². The third kappa shape index (κ3) is 2.51. The van der Waals surface area contributed by atoms with Gasteiger partial charge in [-0.15, -0.1) is 11.3 Å². The summed E-state index contributed by atoms with van der Waals surface area (Å²) in [6.45, 7) is 4.73. The van der Waals surface area contributed by atoms with Crippen LogP contribution in [-0.4, -0.2) is 11.7 Å². The van der Waals surface area contributed by atoms with E-state index in [1.165, 1.54) is 10.1 Å². The second-order valence-corrected chi connectivity index (χ2v) is 5.89. The second-order valence-electron chi connectivity index (χ2n) is 4.78. The molecule has 1 aromatic carbocycles. The maximum absolute atomic E-state index is 10.4. The average Bonchev–Trinajstić information content (AvgIpc) is 2.72. The van der Waals surface area contributed by atoms with Crippen LogP contribution in [0, 0.1) is 11.8 Å². The van der Waals surface area contributed by atoms with Gasteiger partial charge >= 0.3 is 0 Å². The molecule has 17 heavy (non-hydrogen) atoms. The number of nitrogens with two attached hydrogens (primary N) is 1. The average molecular weight is 249 g/mol. The van der Waals surface area contributed by atoms with Gasteiger partial charge in [-0.2, -0.15) is 0 Å². The van der Waals surface area contributed by atoms with E-state index >= 15 is 0 Å². The topological polar surface area (TPSA) is 46.2 Å². The highest BCUT2D eigenvalue weighted by Gasteiger charge is 2.24. The minimum absolute atomic E-state index is 0.128. The number of thiophene rings is 1. The van der Waals surface area contributed by atoms with Crippen molar-refractivity contribution in [2.45, 2.75) is 20.0 Å². The molecule has 0 aliphatic rings. The number of aliphatic hydroxyl groups excluding tert-OH is 1. The Morgan fingerprint density at radius 3 is 2.59 bits per heavy atom. The predicted molar refractivity (Wildman–Crippen MR) is 74.2 cm³/mol. The Morgan fingerprint density at radius 2 is 2.00 bits per heavy atom. The Balaban J connectivity index is 2.32. The summed E-state index contributed by atoms with van der Waals surface area (Å²) in [4.78, 5) is 1.02. The van der Waals surface area contributed by atoms with Crippen LogP contribution in [-0.2, 0) is 0 Å². The number of hydrogen-bond acceptors (Lipinski definition) is 3. The molecule has 1 heterocycles. The molecule has 0 radical (unpaired) electrons. The summed E-state index contributed by atoms with van der Waals surface area (Å²) in [6, 6.07) is 10.3. The lowest BCUT2D eigenvalue weighted by Crippen LogP contribution is -2.26. The third-order valence-corrected chi connectivity index (χ3v) is 4.46. The van der Waals surface area contributed by atoms with Crippen LogP contribution in [0.3, 0.4) is 0 Å². The Labute approximate surface area is 106 Å². The van der Waals surface area contributed by atoms with Crippen molar-refractivity contribution in [2.24, 2.45) is 17.6 Å². The minimum Gasteiger partial charge on any atom is -0.387 e. The molecule has 0 bridgehead atoms. The molecule has 0 aliphatic heterocycles. The van der Waals surface area contributed by atoms with Crippen molar-refractivity contribution < 1.29 is 5.11 Å². The van der Waals surface area contributed by atoms with Crippen molar-refractivity contribution in [3.05, 3.63) is 35.2 Å². The standard InChI is InChI=1S/C14H19NOS/c1-9(2)11(8-15)14(16)13-7-10-5-3-4-6-12(10)17-13/h3-7,9,11,14,16H,8,15H2,1-2H3. The fraction of sp³-hybridized carbons (Fsp3) is 0.429. The van der Waals surface area contributed by atoms with Gasteiger partial charge in [0.15, 0.2) is 0 Å².